The maximum Gasteiger partial charge on any atom is 0.138 e. The lowest BCUT2D eigenvalue weighted by molar-refractivity contribution is 0.389. The maximum atomic E-state index is 13.8. The number of benzene rings is 1. The van der Waals surface area contributed by atoms with Crippen molar-refractivity contribution in [1.82, 2.24) is 14.7 Å². The number of halogens is 3. The first-order chi connectivity index (χ1) is 9.58. The molecule has 3 aromatic rings. The molecular formula is C13H10ClFIN3O. The monoisotopic (exact) mass is 405 g/mol. The minimum atomic E-state index is -0.267. The van der Waals surface area contributed by atoms with E-state index < -0.39 is 0 Å². The van der Waals surface area contributed by atoms with Gasteiger partial charge < -0.3 is 9.09 Å². The van der Waals surface area contributed by atoms with E-state index in [2.05, 4.69) is 10.1 Å². The smallest absolute Gasteiger partial charge is 0.138 e. The highest BCUT2D eigenvalue weighted by Crippen LogP contribution is 2.23. The molecule has 0 N–H and O–H groups in total. The van der Waals surface area contributed by atoms with E-state index in [0.717, 1.165) is 17.0 Å². The molecule has 0 spiro atoms. The first-order valence-corrected chi connectivity index (χ1v) is 7.52. The Kier molecular flexibility index (Phi) is 3.68. The van der Waals surface area contributed by atoms with Gasteiger partial charge in [-0.1, -0.05) is 5.16 Å². The predicted octanol–water partition coefficient (Wildman–Crippen LogP) is 3.86. The standard InChI is InChI=1S/C13H10ClFIN3O/c1-7-2-8(18-20-7)6-19-12-3-9(15)10(16)4-11(12)17-13(19)5-14/h2-4H,5-6H2,1H3. The number of alkyl halides is 1. The van der Waals surface area contributed by atoms with Crippen molar-refractivity contribution in [2.24, 2.45) is 0 Å². The van der Waals surface area contributed by atoms with Gasteiger partial charge in [0.2, 0.25) is 0 Å². The molecule has 0 aliphatic rings. The van der Waals surface area contributed by atoms with Gasteiger partial charge >= 0.3 is 0 Å². The Bertz CT molecular complexity index is 783. The molecule has 0 saturated carbocycles. The van der Waals surface area contributed by atoms with Crippen LogP contribution in [0.3, 0.4) is 0 Å². The Morgan fingerprint density at radius 3 is 2.85 bits per heavy atom. The van der Waals surface area contributed by atoms with Crippen molar-refractivity contribution < 1.29 is 8.91 Å². The van der Waals surface area contributed by atoms with E-state index in [-0.39, 0.29) is 11.7 Å². The molecule has 0 bridgehead atoms. The molecule has 2 heterocycles. The Hall–Kier alpha value is -1.15. The summed E-state index contributed by atoms with van der Waals surface area (Å²) in [5, 5.41) is 3.95. The van der Waals surface area contributed by atoms with Gasteiger partial charge in [-0.05, 0) is 35.6 Å². The molecule has 4 nitrogen and oxygen atoms in total. The summed E-state index contributed by atoms with van der Waals surface area (Å²) in [6, 6.07) is 5.03. The predicted molar refractivity (Wildman–Crippen MR) is 82.3 cm³/mol. The zero-order valence-corrected chi connectivity index (χ0v) is 13.4. The van der Waals surface area contributed by atoms with Crippen molar-refractivity contribution in [2.75, 3.05) is 0 Å². The van der Waals surface area contributed by atoms with Gasteiger partial charge in [-0.2, -0.15) is 0 Å². The lowest BCUT2D eigenvalue weighted by Crippen LogP contribution is -2.04. The number of hydrogen-bond donors (Lipinski definition) is 0. The van der Waals surface area contributed by atoms with Crippen molar-refractivity contribution in [1.29, 1.82) is 0 Å². The van der Waals surface area contributed by atoms with Gasteiger partial charge in [0.1, 0.15) is 23.1 Å². The molecule has 20 heavy (non-hydrogen) atoms. The fourth-order valence-electron chi connectivity index (χ4n) is 2.10. The first-order valence-electron chi connectivity index (χ1n) is 5.91. The molecular weight excluding hydrogens is 396 g/mol. The SMILES string of the molecule is Cc1cc(Cn2c(CCl)nc3cc(I)c(F)cc32)no1. The molecule has 0 aliphatic carbocycles. The average Bonchev–Trinajstić information content (AvgIpc) is 2.96. The highest BCUT2D eigenvalue weighted by atomic mass is 127. The molecule has 104 valence electrons. The van der Waals surface area contributed by atoms with Gasteiger partial charge in [-0.15, -0.1) is 11.6 Å². The molecule has 0 amide bonds. The van der Waals surface area contributed by atoms with Crippen LogP contribution in [0.2, 0.25) is 0 Å². The van der Waals surface area contributed by atoms with E-state index in [9.17, 15) is 4.39 Å². The molecule has 7 heteroatoms. The van der Waals surface area contributed by atoms with Crippen LogP contribution in [0, 0.1) is 16.3 Å². The highest BCUT2D eigenvalue weighted by Gasteiger charge is 2.14. The number of rotatable bonds is 3. The molecule has 0 fully saturated rings. The van der Waals surface area contributed by atoms with Crippen LogP contribution in [0.15, 0.2) is 22.7 Å². The summed E-state index contributed by atoms with van der Waals surface area (Å²) in [4.78, 5) is 4.44. The average molecular weight is 406 g/mol. The number of aryl methyl sites for hydroxylation is 1. The fourth-order valence-corrected chi connectivity index (χ4v) is 2.76. The largest absolute Gasteiger partial charge is 0.361 e. The Balaban J connectivity index is 2.14. The van der Waals surface area contributed by atoms with Gasteiger partial charge in [0.15, 0.2) is 0 Å². The first kappa shape index (κ1) is 13.8. The van der Waals surface area contributed by atoms with Crippen molar-refractivity contribution in [3.8, 4) is 0 Å². The minimum Gasteiger partial charge on any atom is -0.361 e. The molecule has 0 unspecified atom stereocenters. The third kappa shape index (κ3) is 2.42. The van der Waals surface area contributed by atoms with Crippen LogP contribution in [0.25, 0.3) is 11.0 Å². The van der Waals surface area contributed by atoms with Crippen LogP contribution in [0.4, 0.5) is 4.39 Å². The third-order valence-corrected chi connectivity index (χ3v) is 4.05. The molecule has 2 aromatic heterocycles. The second-order valence-electron chi connectivity index (χ2n) is 4.43. The van der Waals surface area contributed by atoms with Crippen molar-refractivity contribution >= 4 is 45.2 Å². The molecule has 0 radical (unpaired) electrons. The Labute approximate surface area is 133 Å². The van der Waals surface area contributed by atoms with E-state index in [1.54, 1.807) is 6.07 Å². The van der Waals surface area contributed by atoms with E-state index in [1.807, 2.05) is 40.1 Å². The van der Waals surface area contributed by atoms with Crippen molar-refractivity contribution in [3.63, 3.8) is 0 Å². The number of hydrogen-bond acceptors (Lipinski definition) is 3. The van der Waals surface area contributed by atoms with Crippen molar-refractivity contribution in [2.45, 2.75) is 19.3 Å². The summed E-state index contributed by atoms with van der Waals surface area (Å²) in [5.41, 5.74) is 2.19. The lowest BCUT2D eigenvalue weighted by atomic mass is 10.3. The maximum absolute atomic E-state index is 13.8. The Morgan fingerprint density at radius 2 is 2.20 bits per heavy atom. The zero-order chi connectivity index (χ0) is 14.3. The lowest BCUT2D eigenvalue weighted by Gasteiger charge is -2.05. The van der Waals surface area contributed by atoms with Crippen LogP contribution in [-0.4, -0.2) is 14.7 Å². The second kappa shape index (κ2) is 5.33. The van der Waals surface area contributed by atoms with E-state index >= 15 is 0 Å². The minimum absolute atomic E-state index is 0.254. The summed E-state index contributed by atoms with van der Waals surface area (Å²) in [5.74, 6) is 1.40. The zero-order valence-electron chi connectivity index (χ0n) is 10.5. The van der Waals surface area contributed by atoms with Gasteiger partial charge in [0, 0.05) is 12.1 Å². The second-order valence-corrected chi connectivity index (χ2v) is 5.86. The summed E-state index contributed by atoms with van der Waals surface area (Å²) in [6.07, 6.45) is 0. The van der Waals surface area contributed by atoms with Crippen LogP contribution >= 0.6 is 34.2 Å². The highest BCUT2D eigenvalue weighted by molar-refractivity contribution is 14.1. The molecule has 1 aromatic carbocycles. The molecule has 3 rings (SSSR count). The van der Waals surface area contributed by atoms with Gasteiger partial charge in [-0.25, -0.2) is 9.37 Å². The van der Waals surface area contributed by atoms with Crippen LogP contribution in [0.5, 0.6) is 0 Å². The van der Waals surface area contributed by atoms with Crippen LogP contribution in [0.1, 0.15) is 17.3 Å². The topological polar surface area (TPSA) is 43.9 Å². The van der Waals surface area contributed by atoms with E-state index in [0.29, 0.717) is 21.5 Å². The van der Waals surface area contributed by atoms with Crippen LogP contribution < -0.4 is 0 Å². The summed E-state index contributed by atoms with van der Waals surface area (Å²) >= 11 is 7.88. The number of aromatic nitrogens is 3. The fraction of sp³-hybridized carbons (Fsp3) is 0.231. The van der Waals surface area contributed by atoms with Gasteiger partial charge in [0.25, 0.3) is 0 Å². The quantitative estimate of drug-likeness (QED) is 0.491. The molecule has 0 aliphatic heterocycles. The molecule has 0 saturated heterocycles. The number of fused-ring (bicyclic) bond motifs is 1. The summed E-state index contributed by atoms with van der Waals surface area (Å²) < 4.78 is 21.2. The summed E-state index contributed by atoms with van der Waals surface area (Å²) in [6.45, 7) is 2.28. The van der Waals surface area contributed by atoms with Gasteiger partial charge in [-0.3, -0.25) is 0 Å². The van der Waals surface area contributed by atoms with E-state index in [4.69, 9.17) is 16.1 Å². The van der Waals surface area contributed by atoms with E-state index in [1.165, 1.54) is 6.07 Å². The third-order valence-electron chi connectivity index (χ3n) is 2.99. The number of nitrogens with zero attached hydrogens (tertiary/aromatic N) is 3. The Morgan fingerprint density at radius 1 is 1.40 bits per heavy atom. The van der Waals surface area contributed by atoms with Crippen LogP contribution in [-0.2, 0) is 12.4 Å². The molecule has 0 atom stereocenters. The number of imidazole rings is 1. The normalized spacial score (nSPS) is 11.4. The van der Waals surface area contributed by atoms with Crippen molar-refractivity contribution in [3.05, 3.63) is 44.9 Å². The van der Waals surface area contributed by atoms with Gasteiger partial charge in [0.05, 0.1) is 27.0 Å². The summed E-state index contributed by atoms with van der Waals surface area (Å²) in [7, 11) is 0.